The lowest BCUT2D eigenvalue weighted by molar-refractivity contribution is -0.164. The summed E-state index contributed by atoms with van der Waals surface area (Å²) >= 11 is 0. The molecule has 4 rings (SSSR count). The lowest BCUT2D eigenvalue weighted by Crippen LogP contribution is -2.48. The summed E-state index contributed by atoms with van der Waals surface area (Å²) in [4.78, 5) is 20.0. The van der Waals surface area contributed by atoms with Crippen LogP contribution in [0.5, 0.6) is 0 Å². The Morgan fingerprint density at radius 2 is 2.04 bits per heavy atom. The van der Waals surface area contributed by atoms with Crippen LogP contribution in [0.1, 0.15) is 25.0 Å². The first-order chi connectivity index (χ1) is 10.9. The third kappa shape index (κ3) is 4.22. The minimum absolute atomic E-state index is 0.118. The van der Waals surface area contributed by atoms with Gasteiger partial charge in [-0.25, -0.2) is 0 Å². The van der Waals surface area contributed by atoms with Crippen LogP contribution in [0.3, 0.4) is 0 Å². The third-order valence-corrected chi connectivity index (χ3v) is 4.57. The minimum Gasteiger partial charge on any atom is -0.338 e. The van der Waals surface area contributed by atoms with Gasteiger partial charge in [-0.1, -0.05) is 6.07 Å². The van der Waals surface area contributed by atoms with Gasteiger partial charge < -0.3 is 4.90 Å². The summed E-state index contributed by atoms with van der Waals surface area (Å²) < 4.78 is 37.5. The molecule has 0 spiro atoms. The van der Waals surface area contributed by atoms with Crippen LogP contribution in [0.2, 0.25) is 0 Å². The van der Waals surface area contributed by atoms with Crippen LogP contribution in [-0.4, -0.2) is 52.5 Å². The number of fused-ring (bicyclic) bond motifs is 4. The van der Waals surface area contributed by atoms with E-state index in [1.165, 1.54) is 4.90 Å². The van der Waals surface area contributed by atoms with Crippen LogP contribution in [0.25, 0.3) is 0 Å². The van der Waals surface area contributed by atoms with Gasteiger partial charge in [0, 0.05) is 38.4 Å². The van der Waals surface area contributed by atoms with Crippen LogP contribution in [0.4, 0.5) is 13.2 Å². The topological polar surface area (TPSA) is 36.4 Å². The second-order valence-electron chi connectivity index (χ2n) is 6.45. The number of pyridine rings is 1. The third-order valence-electron chi connectivity index (χ3n) is 4.57. The summed E-state index contributed by atoms with van der Waals surface area (Å²) in [6.07, 6.45) is -2.29. The number of alkyl halides is 3. The zero-order valence-electron chi connectivity index (χ0n) is 12.8. The molecule has 0 N–H and O–H groups in total. The summed E-state index contributed by atoms with van der Waals surface area (Å²) in [5.41, 5.74) is 0.946. The predicted molar refractivity (Wildman–Crippen MR) is 78.4 cm³/mol. The molecular weight excluding hydrogens is 307 g/mol. The van der Waals surface area contributed by atoms with Crippen molar-refractivity contribution in [3.05, 3.63) is 30.1 Å². The van der Waals surface area contributed by atoms with E-state index >= 15 is 0 Å². The largest absolute Gasteiger partial charge is 0.397 e. The number of carbonyl (C=O) groups excluding carboxylic acids is 1. The molecule has 3 saturated heterocycles. The molecule has 0 radical (unpaired) electrons. The fourth-order valence-electron chi connectivity index (χ4n) is 3.61. The molecule has 0 saturated carbocycles. The molecule has 0 aliphatic carbocycles. The summed E-state index contributed by atoms with van der Waals surface area (Å²) in [6, 6.07) is 5.60. The molecule has 3 fully saturated rings. The predicted octanol–water partition coefficient (Wildman–Crippen LogP) is 2.46. The van der Waals surface area contributed by atoms with Gasteiger partial charge in [-0.15, -0.1) is 0 Å². The van der Waals surface area contributed by atoms with Crippen molar-refractivity contribution in [2.24, 2.45) is 5.92 Å². The fourth-order valence-corrected chi connectivity index (χ4v) is 3.61. The second-order valence-corrected chi connectivity index (χ2v) is 6.45. The fraction of sp³-hybridized carbons (Fsp3) is 0.625. The Kier molecular flexibility index (Phi) is 4.57. The van der Waals surface area contributed by atoms with E-state index in [1.54, 1.807) is 6.20 Å². The van der Waals surface area contributed by atoms with E-state index in [1.807, 2.05) is 18.2 Å². The van der Waals surface area contributed by atoms with Gasteiger partial charge in [-0.2, -0.15) is 13.2 Å². The maximum absolute atomic E-state index is 12.5. The Morgan fingerprint density at radius 1 is 1.22 bits per heavy atom. The Hall–Kier alpha value is -1.63. The minimum atomic E-state index is -4.43. The Labute approximate surface area is 133 Å². The molecule has 1 amide bonds. The highest BCUT2D eigenvalue weighted by Gasteiger charge is 2.41. The van der Waals surface area contributed by atoms with Gasteiger partial charge in [0.2, 0.25) is 5.91 Å². The van der Waals surface area contributed by atoms with E-state index in [4.69, 9.17) is 0 Å². The molecule has 1 aromatic rings. The molecule has 4 heterocycles. The summed E-state index contributed by atoms with van der Waals surface area (Å²) in [6.45, 7) is 2.55. The van der Waals surface area contributed by atoms with Gasteiger partial charge >= 0.3 is 6.18 Å². The monoisotopic (exact) mass is 327 g/mol. The molecule has 126 valence electrons. The summed E-state index contributed by atoms with van der Waals surface area (Å²) in [5, 5.41) is 0. The molecule has 23 heavy (non-hydrogen) atoms. The maximum Gasteiger partial charge on any atom is 0.397 e. The molecule has 3 aliphatic heterocycles. The Morgan fingerprint density at radius 3 is 2.74 bits per heavy atom. The maximum atomic E-state index is 12.5. The Bertz CT molecular complexity index is 549. The first-order valence-electron chi connectivity index (χ1n) is 7.89. The number of piperidine rings is 1. The van der Waals surface area contributed by atoms with Gasteiger partial charge in [-0.3, -0.25) is 14.7 Å². The zero-order valence-corrected chi connectivity index (χ0v) is 12.8. The van der Waals surface area contributed by atoms with Crippen molar-refractivity contribution < 1.29 is 18.0 Å². The standard InChI is InChI=1S/C16H20F3N3O/c17-16(18,19)7-15(23)22-9-12-4-5-14(22)11-21(8-12)10-13-3-1-2-6-20-13/h1-3,6,12,14H,4-5,7-11H2/t12-,14+/m0/s1. The highest BCUT2D eigenvalue weighted by Crippen LogP contribution is 2.31. The van der Waals surface area contributed by atoms with E-state index in [9.17, 15) is 18.0 Å². The molecule has 2 atom stereocenters. The first kappa shape index (κ1) is 16.2. The number of hydrogen-bond acceptors (Lipinski definition) is 3. The number of aromatic nitrogens is 1. The Balaban J connectivity index is 1.67. The zero-order chi connectivity index (χ0) is 16.4. The number of carbonyl (C=O) groups is 1. The molecule has 7 heteroatoms. The van der Waals surface area contributed by atoms with Gasteiger partial charge in [0.05, 0.1) is 5.69 Å². The van der Waals surface area contributed by atoms with Gasteiger partial charge in [0.25, 0.3) is 0 Å². The van der Waals surface area contributed by atoms with Gasteiger partial charge in [0.15, 0.2) is 0 Å². The van der Waals surface area contributed by atoms with E-state index in [-0.39, 0.29) is 12.0 Å². The molecule has 0 aromatic carbocycles. The van der Waals surface area contributed by atoms with Crippen molar-refractivity contribution in [1.29, 1.82) is 0 Å². The number of rotatable bonds is 3. The molecule has 3 aliphatic rings. The lowest BCUT2D eigenvalue weighted by Gasteiger charge is -2.36. The normalized spacial score (nSPS) is 25.4. The summed E-state index contributed by atoms with van der Waals surface area (Å²) in [5.74, 6) is -0.540. The number of amides is 1. The number of halogens is 3. The van der Waals surface area contributed by atoms with Gasteiger partial charge in [-0.05, 0) is 30.9 Å². The average Bonchev–Trinajstić information content (AvgIpc) is 2.77. The van der Waals surface area contributed by atoms with Crippen LogP contribution >= 0.6 is 0 Å². The van der Waals surface area contributed by atoms with E-state index < -0.39 is 18.5 Å². The highest BCUT2D eigenvalue weighted by atomic mass is 19.4. The second kappa shape index (κ2) is 6.47. The van der Waals surface area contributed by atoms with Crippen molar-refractivity contribution in [3.63, 3.8) is 0 Å². The summed E-state index contributed by atoms with van der Waals surface area (Å²) in [7, 11) is 0. The lowest BCUT2D eigenvalue weighted by atomic mass is 9.94. The average molecular weight is 327 g/mol. The van der Waals surface area contributed by atoms with Crippen LogP contribution in [0.15, 0.2) is 24.4 Å². The molecule has 2 bridgehead atoms. The number of hydrogen-bond donors (Lipinski definition) is 0. The van der Waals surface area contributed by atoms with Crippen LogP contribution in [-0.2, 0) is 11.3 Å². The first-order valence-corrected chi connectivity index (χ1v) is 7.89. The number of nitrogens with zero attached hydrogens (tertiary/aromatic N) is 3. The SMILES string of the molecule is O=C(CC(F)(F)F)N1C[C@H]2CC[C@@H]1CN(Cc1ccccn1)C2. The quantitative estimate of drug-likeness (QED) is 0.856. The van der Waals surface area contributed by atoms with Crippen LogP contribution < -0.4 is 0 Å². The molecular formula is C16H20F3N3O. The molecule has 0 unspecified atom stereocenters. The highest BCUT2D eigenvalue weighted by molar-refractivity contribution is 5.77. The van der Waals surface area contributed by atoms with Crippen molar-refractivity contribution in [3.8, 4) is 0 Å². The van der Waals surface area contributed by atoms with Crippen molar-refractivity contribution in [1.82, 2.24) is 14.8 Å². The smallest absolute Gasteiger partial charge is 0.338 e. The van der Waals surface area contributed by atoms with E-state index in [0.717, 1.165) is 25.1 Å². The van der Waals surface area contributed by atoms with E-state index in [0.29, 0.717) is 19.6 Å². The van der Waals surface area contributed by atoms with Crippen LogP contribution in [0, 0.1) is 5.92 Å². The van der Waals surface area contributed by atoms with Crippen molar-refractivity contribution in [2.75, 3.05) is 19.6 Å². The molecule has 1 aromatic heterocycles. The van der Waals surface area contributed by atoms with E-state index in [2.05, 4.69) is 9.88 Å². The van der Waals surface area contributed by atoms with Crippen molar-refractivity contribution >= 4 is 5.91 Å². The molecule has 4 nitrogen and oxygen atoms in total. The van der Waals surface area contributed by atoms with Crippen molar-refractivity contribution in [2.45, 2.75) is 38.0 Å². The van der Waals surface area contributed by atoms with Gasteiger partial charge in [0.1, 0.15) is 6.42 Å².